The Hall–Kier alpha value is -1.95. The Morgan fingerprint density at radius 2 is 2.19 bits per heavy atom. The van der Waals surface area contributed by atoms with Crippen LogP contribution in [-0.2, 0) is 4.79 Å². The summed E-state index contributed by atoms with van der Waals surface area (Å²) in [7, 11) is 0. The van der Waals surface area contributed by atoms with Crippen LogP contribution in [0.3, 0.4) is 0 Å². The number of benzene rings is 1. The zero-order valence-electron chi connectivity index (χ0n) is 11.5. The predicted octanol–water partition coefficient (Wildman–Crippen LogP) is 2.30. The molecule has 0 bridgehead atoms. The van der Waals surface area contributed by atoms with E-state index in [2.05, 4.69) is 5.32 Å². The first-order valence-electron chi connectivity index (χ1n) is 6.59. The van der Waals surface area contributed by atoms with Gasteiger partial charge in [0, 0.05) is 12.1 Å². The summed E-state index contributed by atoms with van der Waals surface area (Å²) in [6, 6.07) is 3.09. The lowest BCUT2D eigenvalue weighted by atomic mass is 10.1. The molecule has 2 N–H and O–H groups in total. The number of rotatable bonds is 6. The summed E-state index contributed by atoms with van der Waals surface area (Å²) in [6.07, 6.45) is 1.11. The van der Waals surface area contributed by atoms with Gasteiger partial charge in [0.1, 0.15) is 0 Å². The van der Waals surface area contributed by atoms with Crippen molar-refractivity contribution in [2.75, 3.05) is 13.3 Å². The molecule has 1 amide bonds. The number of nitrogens with one attached hydrogen (secondary N) is 1. The van der Waals surface area contributed by atoms with Gasteiger partial charge < -0.3 is 19.9 Å². The quantitative estimate of drug-likeness (QED) is 0.787. The first-order chi connectivity index (χ1) is 9.99. The topological polar surface area (TPSA) is 84.9 Å². The van der Waals surface area contributed by atoms with Crippen molar-refractivity contribution in [1.29, 1.82) is 0 Å². The highest BCUT2D eigenvalue weighted by Crippen LogP contribution is 2.39. The van der Waals surface area contributed by atoms with E-state index in [1.807, 2.05) is 0 Å². The molecule has 1 aliphatic heterocycles. The average molecular weight is 314 g/mol. The molecule has 1 aliphatic rings. The van der Waals surface area contributed by atoms with Crippen molar-refractivity contribution in [3.63, 3.8) is 0 Å². The normalized spacial score (nSPS) is 13.8. The summed E-state index contributed by atoms with van der Waals surface area (Å²) in [5, 5.41) is 11.8. The van der Waals surface area contributed by atoms with Crippen LogP contribution in [0.15, 0.2) is 12.1 Å². The van der Waals surface area contributed by atoms with Gasteiger partial charge in [0.05, 0.1) is 10.9 Å². The Bertz CT molecular complexity index is 561. The van der Waals surface area contributed by atoms with Gasteiger partial charge in [-0.1, -0.05) is 18.5 Å². The smallest absolute Gasteiger partial charge is 0.306 e. The van der Waals surface area contributed by atoms with Crippen molar-refractivity contribution in [1.82, 2.24) is 5.32 Å². The standard InChI is InChI=1S/C14H16ClNO5/c1-8(14(18)19)3-2-4-16-13(17)9-5-10(15)12-11(6-9)20-7-21-12/h5-6,8H,2-4,7H2,1H3,(H,16,17)(H,18,19). The molecular formula is C14H16ClNO5. The second-order valence-corrected chi connectivity index (χ2v) is 5.24. The van der Waals surface area contributed by atoms with E-state index in [0.29, 0.717) is 41.5 Å². The second-order valence-electron chi connectivity index (χ2n) is 4.83. The van der Waals surface area contributed by atoms with Crippen molar-refractivity contribution >= 4 is 23.5 Å². The second kappa shape index (κ2) is 6.67. The van der Waals surface area contributed by atoms with Crippen LogP contribution < -0.4 is 14.8 Å². The molecule has 0 saturated carbocycles. The molecule has 0 radical (unpaired) electrons. The number of hydrogen-bond donors (Lipinski definition) is 2. The molecule has 1 aromatic carbocycles. The summed E-state index contributed by atoms with van der Waals surface area (Å²) < 4.78 is 10.4. The Labute approximate surface area is 127 Å². The van der Waals surface area contributed by atoms with Gasteiger partial charge in [0.25, 0.3) is 5.91 Å². The van der Waals surface area contributed by atoms with Crippen LogP contribution in [0.5, 0.6) is 11.5 Å². The molecule has 1 atom stereocenters. The number of ether oxygens (including phenoxy) is 2. The summed E-state index contributed by atoms with van der Waals surface area (Å²) in [5.41, 5.74) is 0.385. The lowest BCUT2D eigenvalue weighted by molar-refractivity contribution is -0.141. The van der Waals surface area contributed by atoms with Crippen molar-refractivity contribution in [2.24, 2.45) is 5.92 Å². The van der Waals surface area contributed by atoms with Gasteiger partial charge in [-0.3, -0.25) is 9.59 Å². The fourth-order valence-corrected chi connectivity index (χ4v) is 2.20. The van der Waals surface area contributed by atoms with Gasteiger partial charge in [-0.15, -0.1) is 0 Å². The Morgan fingerprint density at radius 1 is 1.43 bits per heavy atom. The zero-order chi connectivity index (χ0) is 15.4. The predicted molar refractivity (Wildman–Crippen MR) is 75.9 cm³/mol. The van der Waals surface area contributed by atoms with E-state index in [9.17, 15) is 9.59 Å². The number of amides is 1. The molecule has 0 aliphatic carbocycles. The number of aliphatic carboxylic acids is 1. The molecule has 1 unspecified atom stereocenters. The SMILES string of the molecule is CC(CCCNC(=O)c1cc(Cl)c2c(c1)OCO2)C(=O)O. The molecule has 21 heavy (non-hydrogen) atoms. The first-order valence-corrected chi connectivity index (χ1v) is 6.97. The summed E-state index contributed by atoms with van der Waals surface area (Å²) in [4.78, 5) is 22.7. The fourth-order valence-electron chi connectivity index (χ4n) is 1.93. The van der Waals surface area contributed by atoms with Crippen molar-refractivity contribution < 1.29 is 24.2 Å². The summed E-state index contributed by atoms with van der Waals surface area (Å²) >= 11 is 6.01. The largest absolute Gasteiger partial charge is 0.481 e. The van der Waals surface area contributed by atoms with Crippen molar-refractivity contribution in [2.45, 2.75) is 19.8 Å². The van der Waals surface area contributed by atoms with E-state index < -0.39 is 11.9 Å². The molecule has 114 valence electrons. The molecular weight excluding hydrogens is 298 g/mol. The number of carboxylic acid groups (broad SMARTS) is 1. The maximum absolute atomic E-state index is 12.0. The maximum atomic E-state index is 12.0. The van der Waals surface area contributed by atoms with Crippen LogP contribution in [0.2, 0.25) is 5.02 Å². The molecule has 2 rings (SSSR count). The lowest BCUT2D eigenvalue weighted by Crippen LogP contribution is -2.25. The third-order valence-electron chi connectivity index (χ3n) is 3.21. The Balaban J connectivity index is 1.87. The van der Waals surface area contributed by atoms with Crippen LogP contribution in [-0.4, -0.2) is 30.3 Å². The third kappa shape index (κ3) is 3.78. The molecule has 1 aromatic rings. The number of carbonyl (C=O) groups excluding carboxylic acids is 1. The fraction of sp³-hybridized carbons (Fsp3) is 0.429. The molecule has 7 heteroatoms. The van der Waals surface area contributed by atoms with Crippen molar-refractivity contribution in [3.05, 3.63) is 22.7 Å². The molecule has 0 aromatic heterocycles. The lowest BCUT2D eigenvalue weighted by Gasteiger charge is -2.08. The van der Waals surface area contributed by atoms with Gasteiger partial charge in [-0.2, -0.15) is 0 Å². The third-order valence-corrected chi connectivity index (χ3v) is 3.49. The Kier molecular flexibility index (Phi) is 4.90. The molecule has 0 spiro atoms. The number of hydrogen-bond acceptors (Lipinski definition) is 4. The van der Waals surface area contributed by atoms with E-state index >= 15 is 0 Å². The van der Waals surface area contributed by atoms with Crippen LogP contribution in [0.4, 0.5) is 0 Å². The van der Waals surface area contributed by atoms with E-state index in [1.54, 1.807) is 13.0 Å². The minimum Gasteiger partial charge on any atom is -0.481 e. The van der Waals surface area contributed by atoms with E-state index in [1.165, 1.54) is 6.07 Å². The number of fused-ring (bicyclic) bond motifs is 1. The van der Waals surface area contributed by atoms with Crippen LogP contribution >= 0.6 is 11.6 Å². The van der Waals surface area contributed by atoms with Crippen LogP contribution in [0.1, 0.15) is 30.1 Å². The van der Waals surface area contributed by atoms with Gasteiger partial charge >= 0.3 is 5.97 Å². The first kappa shape index (κ1) is 15.4. The summed E-state index contributed by atoms with van der Waals surface area (Å²) in [5.74, 6) is -0.625. The average Bonchev–Trinajstić information content (AvgIpc) is 2.91. The Morgan fingerprint density at radius 3 is 2.90 bits per heavy atom. The van der Waals surface area contributed by atoms with Crippen molar-refractivity contribution in [3.8, 4) is 11.5 Å². The van der Waals surface area contributed by atoms with Crippen LogP contribution in [0, 0.1) is 5.92 Å². The van der Waals surface area contributed by atoms with E-state index in [0.717, 1.165) is 0 Å². The number of halogens is 1. The maximum Gasteiger partial charge on any atom is 0.306 e. The minimum atomic E-state index is -0.830. The highest BCUT2D eigenvalue weighted by atomic mass is 35.5. The van der Waals surface area contributed by atoms with E-state index in [4.69, 9.17) is 26.2 Å². The molecule has 0 saturated heterocycles. The van der Waals surface area contributed by atoms with E-state index in [-0.39, 0.29) is 12.7 Å². The van der Waals surface area contributed by atoms with Gasteiger partial charge in [0.15, 0.2) is 11.5 Å². The zero-order valence-corrected chi connectivity index (χ0v) is 12.3. The highest BCUT2D eigenvalue weighted by molar-refractivity contribution is 6.32. The highest BCUT2D eigenvalue weighted by Gasteiger charge is 2.20. The minimum absolute atomic E-state index is 0.0905. The number of carbonyl (C=O) groups is 2. The number of carboxylic acids is 1. The van der Waals surface area contributed by atoms with Crippen LogP contribution in [0.25, 0.3) is 0 Å². The monoisotopic (exact) mass is 313 g/mol. The van der Waals surface area contributed by atoms with Gasteiger partial charge in [0.2, 0.25) is 6.79 Å². The summed E-state index contributed by atoms with van der Waals surface area (Å²) in [6.45, 7) is 2.14. The molecule has 6 nitrogen and oxygen atoms in total. The molecule has 1 heterocycles. The molecule has 0 fully saturated rings. The van der Waals surface area contributed by atoms with Gasteiger partial charge in [-0.05, 0) is 25.0 Å². The van der Waals surface area contributed by atoms with Gasteiger partial charge in [-0.25, -0.2) is 0 Å².